The highest BCUT2D eigenvalue weighted by Gasteiger charge is 2.17. The van der Waals surface area contributed by atoms with Crippen molar-refractivity contribution in [1.29, 1.82) is 0 Å². The van der Waals surface area contributed by atoms with E-state index in [1.807, 2.05) is 31.2 Å². The van der Waals surface area contributed by atoms with Crippen molar-refractivity contribution in [3.63, 3.8) is 0 Å². The summed E-state index contributed by atoms with van der Waals surface area (Å²) in [6, 6.07) is 7.62. The number of carbonyl (C=O) groups is 2. The number of carbonyl (C=O) groups excluding carboxylic acids is 2. The molecule has 2 amide bonds. The fraction of sp³-hybridized carbons (Fsp3) is 0.556. The van der Waals surface area contributed by atoms with Crippen molar-refractivity contribution in [2.75, 3.05) is 39.3 Å². The first-order valence-corrected chi connectivity index (χ1v) is 8.58. The zero-order valence-electron chi connectivity index (χ0n) is 14.6. The average Bonchev–Trinajstić information content (AvgIpc) is 2.55. The number of benzene rings is 1. The highest BCUT2D eigenvalue weighted by molar-refractivity contribution is 5.79. The highest BCUT2D eigenvalue weighted by Crippen LogP contribution is 2.17. The van der Waals surface area contributed by atoms with Crippen LogP contribution in [0.1, 0.15) is 30.5 Å². The van der Waals surface area contributed by atoms with Crippen LogP contribution < -0.4 is 16.0 Å². The molecule has 1 aromatic rings. The number of nitrogens with one attached hydrogen (secondary N) is 3. The van der Waals surface area contributed by atoms with Gasteiger partial charge in [0.15, 0.2) is 0 Å². The van der Waals surface area contributed by atoms with Gasteiger partial charge in [0, 0.05) is 46.2 Å². The van der Waals surface area contributed by atoms with E-state index in [-0.39, 0.29) is 24.3 Å². The van der Waals surface area contributed by atoms with Crippen LogP contribution in [0, 0.1) is 6.92 Å². The van der Waals surface area contributed by atoms with Gasteiger partial charge in [-0.15, -0.1) is 0 Å². The molecule has 1 heterocycles. The fourth-order valence-corrected chi connectivity index (χ4v) is 2.84. The van der Waals surface area contributed by atoms with E-state index in [0.29, 0.717) is 6.54 Å². The van der Waals surface area contributed by atoms with E-state index in [1.165, 1.54) is 6.92 Å². The molecule has 1 aliphatic heterocycles. The highest BCUT2D eigenvalue weighted by atomic mass is 16.2. The predicted octanol–water partition coefficient (Wildman–Crippen LogP) is 0.584. The molecule has 132 valence electrons. The summed E-state index contributed by atoms with van der Waals surface area (Å²) >= 11 is 0. The molecule has 3 N–H and O–H groups in total. The summed E-state index contributed by atoms with van der Waals surface area (Å²) in [7, 11) is 0. The van der Waals surface area contributed by atoms with Crippen LogP contribution in [0.5, 0.6) is 0 Å². The second-order valence-corrected chi connectivity index (χ2v) is 6.31. The number of aryl methyl sites for hydroxylation is 1. The Morgan fingerprint density at radius 3 is 2.50 bits per heavy atom. The van der Waals surface area contributed by atoms with E-state index < -0.39 is 0 Å². The van der Waals surface area contributed by atoms with Crippen molar-refractivity contribution < 1.29 is 9.59 Å². The Morgan fingerprint density at radius 1 is 1.21 bits per heavy atom. The van der Waals surface area contributed by atoms with E-state index in [9.17, 15) is 9.59 Å². The first-order valence-electron chi connectivity index (χ1n) is 8.58. The van der Waals surface area contributed by atoms with E-state index in [1.54, 1.807) is 0 Å². The SMILES string of the molecule is CC(=O)NC(CC(=O)NCCN1CCNCC1)c1ccc(C)cc1. The molecule has 0 aromatic heterocycles. The average molecular weight is 332 g/mol. The van der Waals surface area contributed by atoms with Gasteiger partial charge in [-0.05, 0) is 12.5 Å². The Labute approximate surface area is 144 Å². The second-order valence-electron chi connectivity index (χ2n) is 6.31. The van der Waals surface area contributed by atoms with Crippen molar-refractivity contribution in [3.05, 3.63) is 35.4 Å². The molecule has 6 nitrogen and oxygen atoms in total. The Balaban J connectivity index is 1.82. The summed E-state index contributed by atoms with van der Waals surface area (Å²) in [5.41, 5.74) is 2.11. The monoisotopic (exact) mass is 332 g/mol. The van der Waals surface area contributed by atoms with Crippen LogP contribution >= 0.6 is 0 Å². The second kappa shape index (κ2) is 9.39. The smallest absolute Gasteiger partial charge is 0.222 e. The minimum atomic E-state index is -0.290. The molecule has 24 heavy (non-hydrogen) atoms. The van der Waals surface area contributed by atoms with Crippen molar-refractivity contribution in [3.8, 4) is 0 Å². The lowest BCUT2D eigenvalue weighted by Gasteiger charge is -2.27. The molecule has 2 rings (SSSR count). The van der Waals surface area contributed by atoms with Crippen LogP contribution in [0.2, 0.25) is 0 Å². The molecule has 1 fully saturated rings. The Bertz CT molecular complexity index is 538. The lowest BCUT2D eigenvalue weighted by atomic mass is 10.0. The van der Waals surface area contributed by atoms with Crippen molar-refractivity contribution >= 4 is 11.8 Å². The number of piperazine rings is 1. The molecule has 0 aliphatic carbocycles. The molecule has 1 unspecified atom stereocenters. The maximum atomic E-state index is 12.2. The van der Waals surface area contributed by atoms with E-state index in [4.69, 9.17) is 0 Å². The van der Waals surface area contributed by atoms with E-state index in [2.05, 4.69) is 20.9 Å². The number of rotatable bonds is 7. The van der Waals surface area contributed by atoms with Crippen LogP contribution in [-0.4, -0.2) is 56.0 Å². The Kier molecular flexibility index (Phi) is 7.21. The normalized spacial score (nSPS) is 16.4. The Morgan fingerprint density at radius 2 is 1.88 bits per heavy atom. The molecule has 6 heteroatoms. The van der Waals surface area contributed by atoms with Gasteiger partial charge >= 0.3 is 0 Å². The first-order chi connectivity index (χ1) is 11.5. The van der Waals surface area contributed by atoms with Crippen LogP contribution in [0.15, 0.2) is 24.3 Å². The number of hydrogen-bond donors (Lipinski definition) is 3. The quantitative estimate of drug-likeness (QED) is 0.683. The fourth-order valence-electron chi connectivity index (χ4n) is 2.84. The Hall–Kier alpha value is -1.92. The molecule has 0 spiro atoms. The summed E-state index contributed by atoms with van der Waals surface area (Å²) in [5, 5.41) is 9.14. The number of hydrogen-bond acceptors (Lipinski definition) is 4. The molecule has 0 saturated carbocycles. The summed E-state index contributed by atoms with van der Waals surface area (Å²) in [6.07, 6.45) is 0.254. The standard InChI is InChI=1S/C18H28N4O2/c1-14-3-5-16(6-4-14)17(21-15(2)23)13-18(24)20-9-12-22-10-7-19-8-11-22/h3-6,17,19H,7-13H2,1-2H3,(H,20,24)(H,21,23). The molecular weight excluding hydrogens is 304 g/mol. The van der Waals surface area contributed by atoms with Crippen LogP contribution in [0.3, 0.4) is 0 Å². The van der Waals surface area contributed by atoms with Crippen molar-refractivity contribution in [1.82, 2.24) is 20.9 Å². The third kappa shape index (κ3) is 6.29. The van der Waals surface area contributed by atoms with Crippen LogP contribution in [-0.2, 0) is 9.59 Å². The number of amides is 2. The van der Waals surface area contributed by atoms with Gasteiger partial charge in [0.2, 0.25) is 11.8 Å². The zero-order chi connectivity index (χ0) is 17.4. The van der Waals surface area contributed by atoms with E-state index >= 15 is 0 Å². The van der Waals surface area contributed by atoms with Crippen molar-refractivity contribution in [2.24, 2.45) is 0 Å². The van der Waals surface area contributed by atoms with Gasteiger partial charge in [-0.1, -0.05) is 29.8 Å². The summed E-state index contributed by atoms with van der Waals surface area (Å²) in [4.78, 5) is 26.0. The first kappa shape index (κ1) is 18.4. The minimum Gasteiger partial charge on any atom is -0.355 e. The summed E-state index contributed by atoms with van der Waals surface area (Å²) in [5.74, 6) is -0.168. The predicted molar refractivity (Wildman–Crippen MR) is 94.7 cm³/mol. The van der Waals surface area contributed by atoms with Gasteiger partial charge < -0.3 is 16.0 Å². The molecule has 1 aromatic carbocycles. The lowest BCUT2D eigenvalue weighted by molar-refractivity contribution is -0.122. The van der Waals surface area contributed by atoms with Gasteiger partial charge in [0.1, 0.15) is 0 Å². The molecule has 1 saturated heterocycles. The van der Waals surface area contributed by atoms with Gasteiger partial charge in [-0.2, -0.15) is 0 Å². The molecule has 0 bridgehead atoms. The van der Waals surface area contributed by atoms with Gasteiger partial charge in [0.05, 0.1) is 12.5 Å². The molecule has 1 aliphatic rings. The van der Waals surface area contributed by atoms with Crippen molar-refractivity contribution in [2.45, 2.75) is 26.3 Å². The largest absolute Gasteiger partial charge is 0.355 e. The van der Waals surface area contributed by atoms with Gasteiger partial charge in [-0.25, -0.2) is 0 Å². The van der Waals surface area contributed by atoms with Crippen LogP contribution in [0.25, 0.3) is 0 Å². The van der Waals surface area contributed by atoms with E-state index in [0.717, 1.165) is 43.9 Å². The molecule has 0 radical (unpaired) electrons. The summed E-state index contributed by atoms with van der Waals surface area (Å²) < 4.78 is 0. The summed E-state index contributed by atoms with van der Waals surface area (Å²) in [6.45, 7) is 9.05. The number of nitrogens with zero attached hydrogens (tertiary/aromatic N) is 1. The zero-order valence-corrected chi connectivity index (χ0v) is 14.6. The minimum absolute atomic E-state index is 0.0375. The third-order valence-corrected chi connectivity index (χ3v) is 4.21. The lowest BCUT2D eigenvalue weighted by Crippen LogP contribution is -2.46. The maximum Gasteiger partial charge on any atom is 0.222 e. The third-order valence-electron chi connectivity index (χ3n) is 4.21. The molecular formula is C18H28N4O2. The van der Waals surface area contributed by atoms with Gasteiger partial charge in [0.25, 0.3) is 0 Å². The topological polar surface area (TPSA) is 73.5 Å². The van der Waals surface area contributed by atoms with Crippen LogP contribution in [0.4, 0.5) is 0 Å². The maximum absolute atomic E-state index is 12.2. The van der Waals surface area contributed by atoms with Gasteiger partial charge in [-0.3, -0.25) is 14.5 Å². The molecule has 1 atom stereocenters.